The number of halogens is 2. The van der Waals surface area contributed by atoms with E-state index in [2.05, 4.69) is 22.7 Å². The van der Waals surface area contributed by atoms with Crippen LogP contribution >= 0.6 is 24.0 Å². The van der Waals surface area contributed by atoms with Crippen molar-refractivity contribution < 1.29 is 9.67 Å². The summed E-state index contributed by atoms with van der Waals surface area (Å²) in [4.78, 5) is 4.26. The molecule has 0 spiro atoms. The van der Waals surface area contributed by atoms with E-state index < -0.39 is 0 Å². The van der Waals surface area contributed by atoms with Crippen LogP contribution in [0.1, 0.15) is 24.7 Å². The second-order valence-corrected chi connectivity index (χ2v) is 7.28. The van der Waals surface area contributed by atoms with Crippen molar-refractivity contribution in [2.75, 3.05) is 0 Å². The maximum atomic E-state index is 12.5. The van der Waals surface area contributed by atoms with Gasteiger partial charge in [-0.1, -0.05) is 30.7 Å². The van der Waals surface area contributed by atoms with Gasteiger partial charge in [0, 0.05) is 16.5 Å². The molecule has 0 bridgehead atoms. The molecule has 2 aromatic carbocycles. The minimum atomic E-state index is -0.132. The third kappa shape index (κ3) is 4.23. The van der Waals surface area contributed by atoms with E-state index in [1.807, 2.05) is 53.1 Å². The summed E-state index contributed by atoms with van der Waals surface area (Å²) >= 11 is 6.02. The number of hydrogen-bond donors (Lipinski definition) is 0. The minimum absolute atomic E-state index is 0. The zero-order chi connectivity index (χ0) is 18.8. The summed E-state index contributed by atoms with van der Waals surface area (Å²) in [7, 11) is 0. The van der Waals surface area contributed by atoms with Crippen molar-refractivity contribution in [3.05, 3.63) is 71.1 Å². The van der Waals surface area contributed by atoms with E-state index in [1.165, 1.54) is 11.4 Å². The standard InChI is InChI=1S/C22H22ClN3O.ClH/c1-2-16-5-11-19(12-6-16)24-21(27)15-25-14-20(26-13-3-4-22(25)26)17-7-9-18(23)10-8-17;/h5-12,14H,2-4,13,15H2,1H3;1H. The smallest absolute Gasteiger partial charge is 0.257 e. The SMILES string of the molecule is CCc1ccc(N=C([O-])C[n+]2cc(-c3ccc(Cl)cc3)n3c2CCC3)cc1.Cl. The van der Waals surface area contributed by atoms with Gasteiger partial charge in [-0.15, -0.1) is 12.4 Å². The number of benzene rings is 2. The third-order valence-corrected chi connectivity index (χ3v) is 5.29. The van der Waals surface area contributed by atoms with Gasteiger partial charge in [-0.2, -0.15) is 0 Å². The molecule has 1 aliphatic rings. The van der Waals surface area contributed by atoms with Crippen molar-refractivity contribution in [2.45, 2.75) is 39.3 Å². The molecule has 0 saturated heterocycles. The minimum Gasteiger partial charge on any atom is -0.859 e. The van der Waals surface area contributed by atoms with Gasteiger partial charge in [-0.05, 0) is 54.8 Å². The van der Waals surface area contributed by atoms with Crippen molar-refractivity contribution >= 4 is 35.6 Å². The number of aryl methyl sites for hydroxylation is 1. The topological polar surface area (TPSA) is 44.2 Å². The molecule has 3 aromatic rings. The first-order valence-electron chi connectivity index (χ1n) is 9.35. The van der Waals surface area contributed by atoms with Gasteiger partial charge < -0.3 is 5.11 Å². The molecule has 2 heterocycles. The molecule has 0 saturated carbocycles. The number of fused-ring (bicyclic) bond motifs is 1. The van der Waals surface area contributed by atoms with Crippen molar-refractivity contribution in [1.29, 1.82) is 0 Å². The van der Waals surface area contributed by atoms with E-state index in [9.17, 15) is 5.11 Å². The molecule has 1 aliphatic heterocycles. The molecule has 0 radical (unpaired) electrons. The lowest BCUT2D eigenvalue weighted by Gasteiger charge is -2.09. The first kappa shape index (κ1) is 20.4. The maximum Gasteiger partial charge on any atom is 0.257 e. The zero-order valence-corrected chi connectivity index (χ0v) is 17.3. The summed E-state index contributed by atoms with van der Waals surface area (Å²) in [6.45, 7) is 3.35. The molecule has 0 fully saturated rings. The number of aliphatic imine (C=N–C) groups is 1. The molecule has 0 amide bonds. The first-order chi connectivity index (χ1) is 13.1. The van der Waals surface area contributed by atoms with E-state index in [1.54, 1.807) is 0 Å². The highest BCUT2D eigenvalue weighted by Gasteiger charge is 2.28. The van der Waals surface area contributed by atoms with Crippen LogP contribution in [-0.4, -0.2) is 10.5 Å². The van der Waals surface area contributed by atoms with Crippen LogP contribution in [0, 0.1) is 0 Å². The van der Waals surface area contributed by atoms with Crippen LogP contribution in [0.3, 0.4) is 0 Å². The van der Waals surface area contributed by atoms with Crippen LogP contribution in [0.4, 0.5) is 5.69 Å². The summed E-state index contributed by atoms with van der Waals surface area (Å²) in [5.74, 6) is 1.05. The van der Waals surface area contributed by atoms with Gasteiger partial charge in [0.05, 0.1) is 18.7 Å². The third-order valence-electron chi connectivity index (χ3n) is 5.04. The van der Waals surface area contributed by atoms with Crippen molar-refractivity contribution in [3.63, 3.8) is 0 Å². The largest absolute Gasteiger partial charge is 0.859 e. The first-order valence-corrected chi connectivity index (χ1v) is 9.73. The van der Waals surface area contributed by atoms with E-state index in [4.69, 9.17) is 11.6 Å². The molecule has 1 aromatic heterocycles. The summed E-state index contributed by atoms with van der Waals surface area (Å²) in [5, 5.41) is 13.2. The predicted octanol–water partition coefficient (Wildman–Crippen LogP) is 4.12. The lowest BCUT2D eigenvalue weighted by Crippen LogP contribution is -2.43. The fraction of sp³-hybridized carbons (Fsp3) is 0.273. The Bertz CT molecular complexity index is 976. The maximum absolute atomic E-state index is 12.5. The fourth-order valence-electron chi connectivity index (χ4n) is 3.63. The normalized spacial score (nSPS) is 13.3. The van der Waals surface area contributed by atoms with Gasteiger partial charge in [0.1, 0.15) is 12.7 Å². The Kier molecular flexibility index (Phi) is 6.42. The highest BCUT2D eigenvalue weighted by Crippen LogP contribution is 2.26. The average Bonchev–Trinajstić information content (AvgIpc) is 3.27. The summed E-state index contributed by atoms with van der Waals surface area (Å²) in [6, 6.07) is 15.7. The van der Waals surface area contributed by atoms with Gasteiger partial charge >= 0.3 is 0 Å². The lowest BCUT2D eigenvalue weighted by molar-refractivity contribution is -0.693. The Morgan fingerprint density at radius 1 is 1.14 bits per heavy atom. The quantitative estimate of drug-likeness (QED) is 0.351. The number of imidazole rings is 1. The number of hydrogen-bond acceptors (Lipinski definition) is 2. The molecule has 28 heavy (non-hydrogen) atoms. The molecule has 0 atom stereocenters. The average molecular weight is 416 g/mol. The predicted molar refractivity (Wildman–Crippen MR) is 114 cm³/mol. The summed E-state index contributed by atoms with van der Waals surface area (Å²) in [5.41, 5.74) is 4.19. The molecule has 0 aliphatic carbocycles. The van der Waals surface area contributed by atoms with Gasteiger partial charge in [-0.3, -0.25) is 4.99 Å². The van der Waals surface area contributed by atoms with Crippen molar-refractivity contribution in [2.24, 2.45) is 4.99 Å². The Balaban J connectivity index is 0.00000225. The van der Waals surface area contributed by atoms with E-state index in [0.29, 0.717) is 5.69 Å². The van der Waals surface area contributed by atoms with Crippen LogP contribution in [0.2, 0.25) is 5.02 Å². The van der Waals surface area contributed by atoms with Crippen LogP contribution in [0.25, 0.3) is 11.3 Å². The van der Waals surface area contributed by atoms with Gasteiger partial charge in [0.15, 0.2) is 5.69 Å². The molecular weight excluding hydrogens is 393 g/mol. The Morgan fingerprint density at radius 2 is 1.86 bits per heavy atom. The number of nitrogens with zero attached hydrogens (tertiary/aromatic N) is 3. The second kappa shape index (κ2) is 8.80. The monoisotopic (exact) mass is 415 g/mol. The molecular formula is C22H23Cl2N3O. The highest BCUT2D eigenvalue weighted by molar-refractivity contribution is 6.30. The Hall–Kier alpha value is -2.30. The summed E-state index contributed by atoms with van der Waals surface area (Å²) < 4.78 is 4.34. The molecule has 0 unspecified atom stereocenters. The van der Waals surface area contributed by atoms with Crippen LogP contribution in [0.5, 0.6) is 0 Å². The van der Waals surface area contributed by atoms with E-state index >= 15 is 0 Å². The van der Waals surface area contributed by atoms with Crippen LogP contribution < -0.4 is 9.67 Å². The van der Waals surface area contributed by atoms with Crippen molar-refractivity contribution in [1.82, 2.24) is 4.57 Å². The van der Waals surface area contributed by atoms with Crippen LogP contribution in [-0.2, 0) is 25.9 Å². The van der Waals surface area contributed by atoms with Gasteiger partial charge in [0.25, 0.3) is 5.82 Å². The second-order valence-electron chi connectivity index (χ2n) is 6.85. The van der Waals surface area contributed by atoms with Crippen LogP contribution in [0.15, 0.2) is 59.7 Å². The van der Waals surface area contributed by atoms with E-state index in [-0.39, 0.29) is 24.8 Å². The fourth-order valence-corrected chi connectivity index (χ4v) is 3.75. The number of aromatic nitrogens is 2. The molecule has 0 N–H and O–H groups in total. The zero-order valence-electron chi connectivity index (χ0n) is 15.8. The molecule has 4 rings (SSSR count). The van der Waals surface area contributed by atoms with Crippen molar-refractivity contribution in [3.8, 4) is 11.3 Å². The molecule has 6 heteroatoms. The molecule has 146 valence electrons. The number of rotatable bonds is 5. The summed E-state index contributed by atoms with van der Waals surface area (Å²) in [6.07, 6.45) is 5.12. The lowest BCUT2D eigenvalue weighted by atomic mass is 10.1. The van der Waals surface area contributed by atoms with Gasteiger partial charge in [-0.25, -0.2) is 9.13 Å². The molecule has 4 nitrogen and oxygen atoms in total. The van der Waals surface area contributed by atoms with E-state index in [0.717, 1.165) is 42.1 Å². The Morgan fingerprint density at radius 3 is 2.54 bits per heavy atom. The Labute approximate surface area is 176 Å². The van der Waals surface area contributed by atoms with Gasteiger partial charge in [0.2, 0.25) is 0 Å². The highest BCUT2D eigenvalue weighted by atomic mass is 35.5.